The number of piperazine rings is 1. The van der Waals surface area contributed by atoms with Gasteiger partial charge < -0.3 is 19.7 Å². The molecule has 1 saturated heterocycles. The number of benzene rings is 2. The smallest absolute Gasteiger partial charge is 0.418 e. The number of rotatable bonds is 8. The normalized spacial score (nSPS) is 18.4. The summed E-state index contributed by atoms with van der Waals surface area (Å²) in [5, 5.41) is 3.36. The minimum Gasteiger partial charge on any atom is -0.497 e. The Kier molecular flexibility index (Phi) is 8.94. The van der Waals surface area contributed by atoms with E-state index in [4.69, 9.17) is 14.5 Å². The number of methoxy groups -OCH3 is 2. The van der Waals surface area contributed by atoms with Gasteiger partial charge in [0, 0.05) is 55.5 Å². The summed E-state index contributed by atoms with van der Waals surface area (Å²) >= 11 is 0. The van der Waals surface area contributed by atoms with Gasteiger partial charge in [-0.2, -0.15) is 13.2 Å². The summed E-state index contributed by atoms with van der Waals surface area (Å²) in [6, 6.07) is 16.3. The van der Waals surface area contributed by atoms with Crippen LogP contribution in [0.2, 0.25) is 0 Å². The zero-order chi connectivity index (χ0) is 31.6. The molecule has 1 fully saturated rings. The monoisotopic (exact) mass is 617 g/mol. The Bertz CT molecular complexity index is 1620. The first-order valence-corrected chi connectivity index (χ1v) is 15.4. The van der Waals surface area contributed by atoms with Crippen LogP contribution in [0.1, 0.15) is 57.7 Å². The van der Waals surface area contributed by atoms with Gasteiger partial charge in [-0.05, 0) is 72.2 Å². The van der Waals surface area contributed by atoms with Crippen LogP contribution in [0.4, 0.5) is 19.0 Å². The van der Waals surface area contributed by atoms with Gasteiger partial charge in [-0.1, -0.05) is 31.2 Å². The van der Waals surface area contributed by atoms with Crippen LogP contribution in [0.15, 0.2) is 60.9 Å². The highest BCUT2D eigenvalue weighted by Crippen LogP contribution is 2.44. The van der Waals surface area contributed by atoms with Gasteiger partial charge in [0.1, 0.15) is 23.6 Å². The molecule has 10 heteroatoms. The lowest BCUT2D eigenvalue weighted by Gasteiger charge is -2.35. The van der Waals surface area contributed by atoms with Gasteiger partial charge >= 0.3 is 6.18 Å². The first kappa shape index (κ1) is 30.8. The van der Waals surface area contributed by atoms with E-state index in [1.807, 2.05) is 55.5 Å². The maximum Gasteiger partial charge on any atom is 0.418 e. The fourth-order valence-electron chi connectivity index (χ4n) is 6.54. The van der Waals surface area contributed by atoms with Crippen molar-refractivity contribution in [3.05, 3.63) is 106 Å². The topological polar surface area (TPSA) is 72.4 Å². The number of nitrogens with one attached hydrogen (secondary N) is 1. The van der Waals surface area contributed by atoms with Gasteiger partial charge in [0.25, 0.3) is 0 Å². The van der Waals surface area contributed by atoms with Crippen LogP contribution < -0.4 is 19.7 Å². The average molecular weight is 618 g/mol. The van der Waals surface area contributed by atoms with Crippen molar-refractivity contribution < 1.29 is 22.6 Å². The fourth-order valence-corrected chi connectivity index (χ4v) is 6.54. The molecule has 4 aromatic rings. The van der Waals surface area contributed by atoms with E-state index in [9.17, 15) is 13.2 Å². The molecule has 1 aliphatic carbocycles. The molecule has 1 N–H and O–H groups in total. The molecule has 2 aromatic heterocycles. The maximum atomic E-state index is 14.9. The van der Waals surface area contributed by atoms with Crippen LogP contribution in [-0.2, 0) is 31.9 Å². The highest BCUT2D eigenvalue weighted by atomic mass is 19.4. The highest BCUT2D eigenvalue weighted by Gasteiger charge is 2.41. The number of hydrogen-bond donors (Lipinski definition) is 1. The number of hydrogen-bond acceptors (Lipinski definition) is 7. The summed E-state index contributed by atoms with van der Waals surface area (Å²) < 4.78 is 55.2. The molecule has 2 atom stereocenters. The largest absolute Gasteiger partial charge is 0.497 e. The minimum atomic E-state index is -4.56. The second-order valence-electron chi connectivity index (χ2n) is 11.9. The first-order chi connectivity index (χ1) is 21.7. The van der Waals surface area contributed by atoms with Crippen molar-refractivity contribution in [3.8, 4) is 11.5 Å². The number of aromatic nitrogens is 3. The van der Waals surface area contributed by atoms with Crippen molar-refractivity contribution in [2.45, 2.75) is 44.7 Å². The lowest BCUT2D eigenvalue weighted by Crippen LogP contribution is -2.44. The van der Waals surface area contributed by atoms with Crippen LogP contribution in [0.3, 0.4) is 0 Å². The molecule has 0 saturated carbocycles. The third kappa shape index (κ3) is 6.76. The summed E-state index contributed by atoms with van der Waals surface area (Å²) in [7, 11) is 3.19. The van der Waals surface area contributed by atoms with Gasteiger partial charge in [0.2, 0.25) is 0 Å². The number of nitrogens with zero attached hydrogens (tertiary/aromatic N) is 4. The predicted octanol–water partition coefficient (Wildman–Crippen LogP) is 6.02. The van der Waals surface area contributed by atoms with E-state index in [-0.39, 0.29) is 11.6 Å². The van der Waals surface area contributed by atoms with Crippen molar-refractivity contribution in [3.63, 3.8) is 0 Å². The van der Waals surface area contributed by atoms with E-state index >= 15 is 0 Å². The number of anilines is 1. The van der Waals surface area contributed by atoms with Crippen molar-refractivity contribution in [1.29, 1.82) is 0 Å². The van der Waals surface area contributed by atoms with E-state index < -0.39 is 17.7 Å². The molecule has 0 radical (unpaired) electrons. The highest BCUT2D eigenvalue weighted by molar-refractivity contribution is 5.52. The molecule has 3 heterocycles. The van der Waals surface area contributed by atoms with Gasteiger partial charge in [-0.15, -0.1) is 0 Å². The van der Waals surface area contributed by atoms with Gasteiger partial charge in [0.05, 0.1) is 25.5 Å². The first-order valence-electron chi connectivity index (χ1n) is 15.4. The molecule has 2 aromatic carbocycles. The fraction of sp³-hybridized carbons (Fsp3) is 0.400. The van der Waals surface area contributed by atoms with Crippen molar-refractivity contribution >= 4 is 5.82 Å². The Morgan fingerprint density at radius 2 is 1.49 bits per heavy atom. The number of pyridine rings is 1. The molecule has 0 spiro atoms. The average Bonchev–Trinajstić information content (AvgIpc) is 3.05. The van der Waals surface area contributed by atoms with Crippen LogP contribution >= 0.6 is 0 Å². The van der Waals surface area contributed by atoms with Crippen LogP contribution in [0.5, 0.6) is 11.5 Å². The number of halogens is 3. The SMILES string of the molecule is COc1ccc(Cc2cc(C(F)(F)F)c(C3Cc4ncnc(N5CCNCC5)c4CC3C)nc2Cc2ccc(OC)cc2)cc1. The Hall–Kier alpha value is -4.18. The zero-order valence-electron chi connectivity index (χ0n) is 25.8. The molecular weight excluding hydrogens is 579 g/mol. The molecule has 6 rings (SSSR count). The molecule has 236 valence electrons. The lowest BCUT2D eigenvalue weighted by atomic mass is 9.75. The van der Waals surface area contributed by atoms with E-state index in [1.165, 1.54) is 6.07 Å². The van der Waals surface area contributed by atoms with E-state index in [0.717, 1.165) is 60.1 Å². The van der Waals surface area contributed by atoms with Crippen LogP contribution in [0, 0.1) is 5.92 Å². The molecule has 2 unspecified atom stereocenters. The Balaban J connectivity index is 1.42. The Labute approximate surface area is 261 Å². The van der Waals surface area contributed by atoms with E-state index in [1.54, 1.807) is 20.5 Å². The third-order valence-corrected chi connectivity index (χ3v) is 9.02. The predicted molar refractivity (Wildman–Crippen MR) is 167 cm³/mol. The van der Waals surface area contributed by atoms with Crippen LogP contribution in [-0.4, -0.2) is 55.4 Å². The van der Waals surface area contributed by atoms with Gasteiger partial charge in [-0.25, -0.2) is 9.97 Å². The number of ether oxygens (including phenoxy) is 2. The molecule has 7 nitrogen and oxygen atoms in total. The summed E-state index contributed by atoms with van der Waals surface area (Å²) in [5.74, 6) is 1.79. The number of alkyl halides is 3. The van der Waals surface area contributed by atoms with Crippen molar-refractivity contribution in [2.24, 2.45) is 5.92 Å². The molecule has 0 bridgehead atoms. The summed E-state index contributed by atoms with van der Waals surface area (Å²) in [5.41, 5.74) is 4.32. The Morgan fingerprint density at radius 1 is 0.867 bits per heavy atom. The van der Waals surface area contributed by atoms with Gasteiger partial charge in [-0.3, -0.25) is 4.98 Å². The van der Waals surface area contributed by atoms with Crippen molar-refractivity contribution in [1.82, 2.24) is 20.3 Å². The van der Waals surface area contributed by atoms with E-state index in [0.29, 0.717) is 42.7 Å². The summed E-state index contributed by atoms with van der Waals surface area (Å²) in [4.78, 5) is 16.4. The minimum absolute atomic E-state index is 0.0833. The zero-order valence-corrected chi connectivity index (χ0v) is 25.8. The van der Waals surface area contributed by atoms with Crippen LogP contribution in [0.25, 0.3) is 0 Å². The number of fused-ring (bicyclic) bond motifs is 1. The molecule has 2 aliphatic rings. The quantitative estimate of drug-likeness (QED) is 0.259. The molecule has 1 aliphatic heterocycles. The third-order valence-electron chi connectivity index (χ3n) is 9.02. The molecular formula is C35H38F3N5O2. The van der Waals surface area contributed by atoms with Gasteiger partial charge in [0.15, 0.2) is 0 Å². The standard InChI is InChI=1S/C35H38F3N5O2/c1-22-16-29-32(40-21-41-34(29)43-14-12-39-13-15-43)20-28(22)33-30(35(36,37)38)19-25(17-23-4-8-26(44-2)9-5-23)31(42-33)18-24-6-10-27(45-3)11-7-24/h4-11,19,21-22,28,39H,12-18,20H2,1-3H3. The summed E-state index contributed by atoms with van der Waals surface area (Å²) in [6.07, 6.45) is -1.32. The second kappa shape index (κ2) is 13.0. The molecule has 45 heavy (non-hydrogen) atoms. The maximum absolute atomic E-state index is 14.9. The lowest BCUT2D eigenvalue weighted by molar-refractivity contribution is -0.138. The summed E-state index contributed by atoms with van der Waals surface area (Å²) in [6.45, 7) is 5.44. The second-order valence-corrected chi connectivity index (χ2v) is 11.9. The Morgan fingerprint density at radius 3 is 2.09 bits per heavy atom. The van der Waals surface area contributed by atoms with Crippen molar-refractivity contribution in [2.75, 3.05) is 45.3 Å². The molecule has 0 amide bonds. The van der Waals surface area contributed by atoms with E-state index in [2.05, 4.69) is 20.2 Å².